The Hall–Kier alpha value is -0.650. The molecule has 0 spiro atoms. The topological polar surface area (TPSA) is 31.4 Å². The van der Waals surface area contributed by atoms with Gasteiger partial charge in [0.15, 0.2) is 0 Å². The number of rotatable bonds is 8. The van der Waals surface area contributed by atoms with Crippen molar-refractivity contribution in [1.82, 2.24) is 15.2 Å². The Balaban J connectivity index is 2.98. The number of nitrogens with one attached hydrogen (secondary N) is 1. The lowest BCUT2D eigenvalue weighted by atomic mass is 10.1. The molecule has 5 heteroatoms. The van der Waals surface area contributed by atoms with Crippen molar-refractivity contribution in [1.29, 1.82) is 0 Å². The van der Waals surface area contributed by atoms with Gasteiger partial charge in [0.25, 0.3) is 0 Å². The third kappa shape index (κ3) is 5.77. The van der Waals surface area contributed by atoms with E-state index in [9.17, 15) is 0 Å². The summed E-state index contributed by atoms with van der Waals surface area (Å²) in [5.41, 5.74) is 1.24. The molecule has 0 fully saturated rings. The second-order valence-electron chi connectivity index (χ2n) is 5.81. The van der Waals surface area contributed by atoms with E-state index in [1.807, 2.05) is 13.2 Å². The maximum atomic E-state index is 4.65. The van der Waals surface area contributed by atoms with E-state index in [2.05, 4.69) is 70.0 Å². The molecule has 1 N–H and O–H groups in total. The average molecular weight is 343 g/mol. The third-order valence-electron chi connectivity index (χ3n) is 2.98. The molecule has 1 aromatic rings. The molecule has 0 saturated heterocycles. The Kier molecular flexibility index (Phi) is 7.48. The Morgan fingerprint density at radius 1 is 1.30 bits per heavy atom. The van der Waals surface area contributed by atoms with Crippen LogP contribution >= 0.6 is 15.9 Å². The SMILES string of the molecule is CNCc1cc(Br)cnc1N(CCN(C)C)CC(C)C. The minimum atomic E-state index is 0.616. The first-order valence-electron chi connectivity index (χ1n) is 7.12. The van der Waals surface area contributed by atoms with Crippen molar-refractivity contribution in [3.63, 3.8) is 0 Å². The highest BCUT2D eigenvalue weighted by Crippen LogP contribution is 2.22. The lowest BCUT2D eigenvalue weighted by Gasteiger charge is -2.29. The van der Waals surface area contributed by atoms with Crippen LogP contribution in [0.3, 0.4) is 0 Å². The minimum Gasteiger partial charge on any atom is -0.355 e. The van der Waals surface area contributed by atoms with Crippen LogP contribution in [0.1, 0.15) is 19.4 Å². The number of likely N-dealkylation sites (N-methyl/N-ethyl adjacent to an activating group) is 1. The zero-order chi connectivity index (χ0) is 15.1. The monoisotopic (exact) mass is 342 g/mol. The van der Waals surface area contributed by atoms with Crippen LogP contribution in [-0.2, 0) is 6.54 Å². The van der Waals surface area contributed by atoms with E-state index >= 15 is 0 Å². The van der Waals surface area contributed by atoms with E-state index in [-0.39, 0.29) is 0 Å². The highest BCUT2D eigenvalue weighted by atomic mass is 79.9. The number of hydrogen-bond acceptors (Lipinski definition) is 4. The van der Waals surface area contributed by atoms with E-state index in [0.29, 0.717) is 5.92 Å². The molecule has 1 rings (SSSR count). The van der Waals surface area contributed by atoms with Gasteiger partial charge in [-0.1, -0.05) is 13.8 Å². The Morgan fingerprint density at radius 2 is 2.00 bits per heavy atom. The van der Waals surface area contributed by atoms with Crippen molar-refractivity contribution in [2.24, 2.45) is 5.92 Å². The quantitative estimate of drug-likeness (QED) is 0.786. The van der Waals surface area contributed by atoms with Gasteiger partial charge >= 0.3 is 0 Å². The Morgan fingerprint density at radius 3 is 2.55 bits per heavy atom. The number of pyridine rings is 1. The molecule has 0 aliphatic rings. The summed E-state index contributed by atoms with van der Waals surface area (Å²) in [7, 11) is 6.19. The molecule has 0 aliphatic carbocycles. The summed E-state index contributed by atoms with van der Waals surface area (Å²) in [6.45, 7) is 8.38. The molecule has 0 amide bonds. The summed E-state index contributed by atoms with van der Waals surface area (Å²) >= 11 is 3.51. The van der Waals surface area contributed by atoms with Gasteiger partial charge in [0.2, 0.25) is 0 Å². The summed E-state index contributed by atoms with van der Waals surface area (Å²) in [6, 6.07) is 2.15. The standard InChI is InChI=1S/C15H27BrN4/c1-12(2)11-20(7-6-19(4)5)15-13(9-17-3)8-14(16)10-18-15/h8,10,12,17H,6-7,9,11H2,1-5H3. The molecular weight excluding hydrogens is 316 g/mol. The van der Waals surface area contributed by atoms with Crippen LogP contribution in [0.5, 0.6) is 0 Å². The molecule has 0 aromatic carbocycles. The van der Waals surface area contributed by atoms with Crippen molar-refractivity contribution in [2.45, 2.75) is 20.4 Å². The Bertz CT molecular complexity index is 407. The van der Waals surface area contributed by atoms with Crippen molar-refractivity contribution >= 4 is 21.7 Å². The molecule has 0 saturated carbocycles. The van der Waals surface area contributed by atoms with Gasteiger partial charge in [0, 0.05) is 42.4 Å². The van der Waals surface area contributed by atoms with Gasteiger partial charge in [0.1, 0.15) is 5.82 Å². The zero-order valence-corrected chi connectivity index (χ0v) is 14.9. The fourth-order valence-corrected chi connectivity index (χ4v) is 2.50. The molecule has 114 valence electrons. The van der Waals surface area contributed by atoms with Crippen molar-refractivity contribution in [3.8, 4) is 0 Å². The van der Waals surface area contributed by atoms with Crippen molar-refractivity contribution in [2.75, 3.05) is 45.7 Å². The molecule has 1 heterocycles. The summed E-state index contributed by atoms with van der Waals surface area (Å²) in [5, 5.41) is 3.23. The number of nitrogens with zero attached hydrogens (tertiary/aromatic N) is 3. The molecule has 20 heavy (non-hydrogen) atoms. The third-order valence-corrected chi connectivity index (χ3v) is 3.41. The molecule has 0 aliphatic heterocycles. The van der Waals surface area contributed by atoms with Crippen molar-refractivity contribution < 1.29 is 0 Å². The van der Waals surface area contributed by atoms with Crippen LogP contribution in [0.4, 0.5) is 5.82 Å². The van der Waals surface area contributed by atoms with E-state index in [0.717, 1.165) is 36.5 Å². The largest absolute Gasteiger partial charge is 0.355 e. The number of anilines is 1. The van der Waals surface area contributed by atoms with Gasteiger partial charge in [-0.05, 0) is 49.1 Å². The molecule has 0 bridgehead atoms. The second kappa shape index (κ2) is 8.60. The predicted molar refractivity (Wildman–Crippen MR) is 90.3 cm³/mol. The van der Waals surface area contributed by atoms with Gasteiger partial charge in [-0.25, -0.2) is 4.98 Å². The number of halogens is 1. The predicted octanol–water partition coefficient (Wildman–Crippen LogP) is 2.59. The second-order valence-corrected chi connectivity index (χ2v) is 6.73. The summed E-state index contributed by atoms with van der Waals surface area (Å²) in [5.74, 6) is 1.71. The Labute approximate surface area is 131 Å². The molecule has 4 nitrogen and oxygen atoms in total. The fraction of sp³-hybridized carbons (Fsp3) is 0.667. The molecule has 1 aromatic heterocycles. The fourth-order valence-electron chi connectivity index (χ4n) is 2.12. The van der Waals surface area contributed by atoms with Gasteiger partial charge in [-0.3, -0.25) is 0 Å². The van der Waals surface area contributed by atoms with Crippen LogP contribution in [0, 0.1) is 5.92 Å². The van der Waals surface area contributed by atoms with Crippen LogP contribution in [-0.4, -0.2) is 50.7 Å². The molecule has 0 atom stereocenters. The smallest absolute Gasteiger partial charge is 0.133 e. The van der Waals surface area contributed by atoms with Crippen LogP contribution in [0.25, 0.3) is 0 Å². The molecule has 0 radical (unpaired) electrons. The average Bonchev–Trinajstić information content (AvgIpc) is 2.35. The van der Waals surface area contributed by atoms with Gasteiger partial charge in [-0.15, -0.1) is 0 Å². The van der Waals surface area contributed by atoms with E-state index in [1.54, 1.807) is 0 Å². The first-order chi connectivity index (χ1) is 9.43. The lowest BCUT2D eigenvalue weighted by Crippen LogP contribution is -2.35. The van der Waals surface area contributed by atoms with Gasteiger partial charge in [-0.2, -0.15) is 0 Å². The van der Waals surface area contributed by atoms with Crippen molar-refractivity contribution in [3.05, 3.63) is 22.3 Å². The first-order valence-corrected chi connectivity index (χ1v) is 7.92. The highest BCUT2D eigenvalue weighted by molar-refractivity contribution is 9.10. The van der Waals surface area contributed by atoms with Gasteiger partial charge in [0.05, 0.1) is 0 Å². The highest BCUT2D eigenvalue weighted by Gasteiger charge is 2.14. The van der Waals surface area contributed by atoms with Crippen LogP contribution in [0.2, 0.25) is 0 Å². The van der Waals surface area contributed by atoms with E-state index < -0.39 is 0 Å². The van der Waals surface area contributed by atoms with E-state index in [4.69, 9.17) is 0 Å². The first kappa shape index (κ1) is 17.4. The summed E-state index contributed by atoms with van der Waals surface area (Å²) in [6.07, 6.45) is 1.89. The van der Waals surface area contributed by atoms with Crippen LogP contribution < -0.4 is 10.2 Å². The summed E-state index contributed by atoms with van der Waals surface area (Å²) in [4.78, 5) is 9.25. The minimum absolute atomic E-state index is 0.616. The van der Waals surface area contributed by atoms with Gasteiger partial charge < -0.3 is 15.1 Å². The number of aromatic nitrogens is 1. The normalized spacial score (nSPS) is 11.4. The van der Waals surface area contributed by atoms with Crippen LogP contribution in [0.15, 0.2) is 16.7 Å². The maximum Gasteiger partial charge on any atom is 0.133 e. The van der Waals surface area contributed by atoms with E-state index in [1.165, 1.54) is 5.56 Å². The lowest BCUT2D eigenvalue weighted by molar-refractivity contribution is 0.408. The molecular formula is C15H27BrN4. The molecule has 0 unspecified atom stereocenters. The summed E-state index contributed by atoms with van der Waals surface area (Å²) < 4.78 is 1.03. The zero-order valence-electron chi connectivity index (χ0n) is 13.3. The number of hydrogen-bond donors (Lipinski definition) is 1. The maximum absolute atomic E-state index is 4.65.